The zero-order valence-electron chi connectivity index (χ0n) is 18.4. The molecule has 0 N–H and O–H groups in total. The van der Waals surface area contributed by atoms with E-state index < -0.39 is 0 Å². The number of benzene rings is 2. The number of imidazole rings is 1. The predicted molar refractivity (Wildman–Crippen MR) is 123 cm³/mol. The molecule has 0 saturated carbocycles. The van der Waals surface area contributed by atoms with Gasteiger partial charge in [-0.2, -0.15) is 0 Å². The standard InChI is InChI=1S/C24H25N5O3/c1-15-22(17(3)32-26-15)19-13-20-23(21(14-19)29(30)31)25-24(27-11-7-8-12-27)28(20)16(2)18-9-5-4-6-10-18/h4-6,9-10,13-14,16H,7-8,11-12H2,1-3H3. The number of hydrogen-bond donors (Lipinski definition) is 0. The molecule has 1 unspecified atom stereocenters. The molecule has 8 nitrogen and oxygen atoms in total. The summed E-state index contributed by atoms with van der Waals surface area (Å²) in [6, 6.07) is 13.7. The lowest BCUT2D eigenvalue weighted by atomic mass is 10.0. The molecule has 32 heavy (non-hydrogen) atoms. The molecule has 0 radical (unpaired) electrons. The van der Waals surface area contributed by atoms with Gasteiger partial charge in [0.1, 0.15) is 5.76 Å². The first-order valence-corrected chi connectivity index (χ1v) is 10.9. The summed E-state index contributed by atoms with van der Waals surface area (Å²) in [6.07, 6.45) is 2.19. The van der Waals surface area contributed by atoms with Crippen molar-refractivity contribution < 1.29 is 9.45 Å². The zero-order valence-corrected chi connectivity index (χ0v) is 18.4. The quantitative estimate of drug-likeness (QED) is 0.309. The van der Waals surface area contributed by atoms with E-state index in [2.05, 4.69) is 33.7 Å². The van der Waals surface area contributed by atoms with Crippen LogP contribution in [0.4, 0.5) is 11.6 Å². The van der Waals surface area contributed by atoms with Gasteiger partial charge in [0.15, 0.2) is 5.52 Å². The molecule has 4 aromatic rings. The lowest BCUT2D eigenvalue weighted by Crippen LogP contribution is -2.23. The van der Waals surface area contributed by atoms with Gasteiger partial charge in [-0.1, -0.05) is 35.5 Å². The van der Waals surface area contributed by atoms with Crippen LogP contribution >= 0.6 is 0 Å². The average Bonchev–Trinajstić information content (AvgIpc) is 3.52. The Bertz CT molecular complexity index is 1280. The van der Waals surface area contributed by atoms with E-state index in [0.29, 0.717) is 17.0 Å². The number of hydrogen-bond acceptors (Lipinski definition) is 6. The second-order valence-corrected chi connectivity index (χ2v) is 8.38. The van der Waals surface area contributed by atoms with E-state index in [1.807, 2.05) is 38.1 Å². The van der Waals surface area contributed by atoms with Gasteiger partial charge in [0, 0.05) is 24.7 Å². The number of non-ortho nitro benzene ring substituents is 1. The number of nitrogens with zero attached hydrogens (tertiary/aromatic N) is 5. The highest BCUT2D eigenvalue weighted by Gasteiger charge is 2.29. The summed E-state index contributed by atoms with van der Waals surface area (Å²) in [5.74, 6) is 1.42. The smallest absolute Gasteiger partial charge is 0.297 e. The van der Waals surface area contributed by atoms with E-state index in [4.69, 9.17) is 9.51 Å². The number of nitro groups is 1. The van der Waals surface area contributed by atoms with Gasteiger partial charge >= 0.3 is 0 Å². The maximum absolute atomic E-state index is 12.1. The van der Waals surface area contributed by atoms with Crippen LogP contribution < -0.4 is 4.90 Å². The summed E-state index contributed by atoms with van der Waals surface area (Å²) in [5, 5.41) is 16.1. The number of nitro benzene ring substituents is 1. The minimum absolute atomic E-state index is 0.00282. The van der Waals surface area contributed by atoms with Crippen molar-refractivity contribution in [2.24, 2.45) is 0 Å². The van der Waals surface area contributed by atoms with Crippen LogP contribution in [-0.2, 0) is 0 Å². The minimum atomic E-state index is -0.345. The average molecular weight is 431 g/mol. The van der Waals surface area contributed by atoms with Crippen LogP contribution in [-0.4, -0.2) is 32.7 Å². The maximum Gasteiger partial charge on any atom is 0.297 e. The van der Waals surface area contributed by atoms with E-state index >= 15 is 0 Å². The molecule has 1 fully saturated rings. The van der Waals surface area contributed by atoms with E-state index in [9.17, 15) is 10.1 Å². The molecule has 1 aliphatic rings. The molecular weight excluding hydrogens is 406 g/mol. The van der Waals surface area contributed by atoms with Crippen molar-refractivity contribution in [2.75, 3.05) is 18.0 Å². The SMILES string of the molecule is Cc1noc(C)c1-c1cc([N+](=O)[O-])c2nc(N3CCCC3)n(C(C)c3ccccc3)c2c1. The Morgan fingerprint density at radius 1 is 1.12 bits per heavy atom. The first kappa shape index (κ1) is 20.2. The summed E-state index contributed by atoms with van der Waals surface area (Å²) in [6.45, 7) is 7.58. The Kier molecular flexibility index (Phi) is 4.92. The number of aryl methyl sites for hydroxylation is 2. The maximum atomic E-state index is 12.1. The third-order valence-electron chi connectivity index (χ3n) is 6.33. The van der Waals surface area contributed by atoms with E-state index in [0.717, 1.165) is 54.1 Å². The topological polar surface area (TPSA) is 90.2 Å². The molecule has 1 saturated heterocycles. The highest BCUT2D eigenvalue weighted by atomic mass is 16.6. The van der Waals surface area contributed by atoms with E-state index in [-0.39, 0.29) is 16.7 Å². The molecule has 2 aromatic heterocycles. The monoisotopic (exact) mass is 431 g/mol. The Labute approximate surface area is 185 Å². The molecule has 164 valence electrons. The Morgan fingerprint density at radius 2 is 1.84 bits per heavy atom. The van der Waals surface area contributed by atoms with Crippen LogP contribution in [0.15, 0.2) is 47.0 Å². The van der Waals surface area contributed by atoms with Crippen molar-refractivity contribution in [3.8, 4) is 11.1 Å². The predicted octanol–water partition coefficient (Wildman–Crippen LogP) is 5.43. The van der Waals surface area contributed by atoms with Crippen molar-refractivity contribution >= 4 is 22.7 Å². The number of rotatable bonds is 5. The third kappa shape index (κ3) is 3.23. The van der Waals surface area contributed by atoms with E-state index in [1.165, 1.54) is 0 Å². The van der Waals surface area contributed by atoms with Gasteiger partial charge in [-0.05, 0) is 50.8 Å². The Morgan fingerprint density at radius 3 is 2.47 bits per heavy atom. The Balaban J connectivity index is 1.82. The second-order valence-electron chi connectivity index (χ2n) is 8.38. The Hall–Kier alpha value is -3.68. The molecule has 1 atom stereocenters. The van der Waals surface area contributed by atoms with Crippen LogP contribution in [0.2, 0.25) is 0 Å². The minimum Gasteiger partial charge on any atom is -0.361 e. The molecule has 0 amide bonds. The van der Waals surface area contributed by atoms with Crippen LogP contribution in [0.25, 0.3) is 22.2 Å². The molecule has 2 aromatic carbocycles. The first-order chi connectivity index (χ1) is 15.5. The van der Waals surface area contributed by atoms with E-state index in [1.54, 1.807) is 6.07 Å². The van der Waals surface area contributed by atoms with Crippen LogP contribution in [0, 0.1) is 24.0 Å². The number of aromatic nitrogens is 3. The highest BCUT2D eigenvalue weighted by molar-refractivity contribution is 5.93. The van der Waals surface area contributed by atoms with Crippen molar-refractivity contribution in [1.82, 2.24) is 14.7 Å². The van der Waals surface area contributed by atoms with Crippen molar-refractivity contribution in [3.05, 3.63) is 69.6 Å². The molecule has 0 aliphatic carbocycles. The zero-order chi connectivity index (χ0) is 22.4. The summed E-state index contributed by atoms with van der Waals surface area (Å²) < 4.78 is 7.49. The largest absolute Gasteiger partial charge is 0.361 e. The number of fused-ring (bicyclic) bond motifs is 1. The third-order valence-corrected chi connectivity index (χ3v) is 6.33. The molecule has 0 bridgehead atoms. The first-order valence-electron chi connectivity index (χ1n) is 10.9. The summed E-state index contributed by atoms with van der Waals surface area (Å²) in [5.41, 5.74) is 4.49. The fourth-order valence-corrected chi connectivity index (χ4v) is 4.75. The van der Waals surface area contributed by atoms with Gasteiger partial charge in [-0.15, -0.1) is 0 Å². The van der Waals surface area contributed by atoms with Gasteiger partial charge in [0.25, 0.3) is 5.69 Å². The summed E-state index contributed by atoms with van der Waals surface area (Å²) in [4.78, 5) is 18.8. The fourth-order valence-electron chi connectivity index (χ4n) is 4.75. The van der Waals surface area contributed by atoms with Gasteiger partial charge in [0.2, 0.25) is 5.95 Å². The molecule has 5 rings (SSSR count). The number of anilines is 1. The summed E-state index contributed by atoms with van der Waals surface area (Å²) >= 11 is 0. The molecule has 3 heterocycles. The van der Waals surface area contributed by atoms with Gasteiger partial charge in [-0.25, -0.2) is 4.98 Å². The molecular formula is C24H25N5O3. The molecule has 0 spiro atoms. The fraction of sp³-hybridized carbons (Fsp3) is 0.333. The van der Waals surface area contributed by atoms with Crippen molar-refractivity contribution in [2.45, 2.75) is 39.7 Å². The summed E-state index contributed by atoms with van der Waals surface area (Å²) in [7, 11) is 0. The van der Waals surface area contributed by atoms with Crippen LogP contribution in [0.5, 0.6) is 0 Å². The van der Waals surface area contributed by atoms with Gasteiger partial charge in [0.05, 0.1) is 22.2 Å². The van der Waals surface area contributed by atoms with Crippen molar-refractivity contribution in [1.29, 1.82) is 0 Å². The van der Waals surface area contributed by atoms with Gasteiger partial charge < -0.3 is 14.0 Å². The van der Waals surface area contributed by atoms with Crippen molar-refractivity contribution in [3.63, 3.8) is 0 Å². The second kappa shape index (κ2) is 7.78. The normalized spacial score (nSPS) is 14.9. The van der Waals surface area contributed by atoms with Gasteiger partial charge in [-0.3, -0.25) is 10.1 Å². The molecule has 1 aliphatic heterocycles. The lowest BCUT2D eigenvalue weighted by molar-refractivity contribution is -0.383. The van der Waals surface area contributed by atoms with Crippen LogP contribution in [0.1, 0.15) is 42.8 Å². The highest BCUT2D eigenvalue weighted by Crippen LogP contribution is 2.39. The molecule has 8 heteroatoms. The lowest BCUT2D eigenvalue weighted by Gasteiger charge is -2.23. The van der Waals surface area contributed by atoms with Crippen LogP contribution in [0.3, 0.4) is 0 Å².